The molecule has 2 aromatic rings. The molecular formula is C40H68N5O9P. The van der Waals surface area contributed by atoms with E-state index in [1.54, 1.807) is 6.07 Å². The van der Waals surface area contributed by atoms with E-state index in [1.165, 1.54) is 126 Å². The van der Waals surface area contributed by atoms with E-state index in [0.29, 0.717) is 24.6 Å². The minimum absolute atomic E-state index is 0.106. The van der Waals surface area contributed by atoms with Gasteiger partial charge >= 0.3 is 7.82 Å². The predicted molar refractivity (Wildman–Crippen MR) is 210 cm³/mol. The number of hydrogen-bond donors (Lipinski definition) is 4. The zero-order valence-corrected chi connectivity index (χ0v) is 34.0. The highest BCUT2D eigenvalue weighted by Crippen LogP contribution is 2.46. The van der Waals surface area contributed by atoms with E-state index in [4.69, 9.17) is 29.0 Å². The number of ether oxygens (including phenoxy) is 3. The lowest BCUT2D eigenvalue weighted by Crippen LogP contribution is -2.41. The molecular weight excluding hydrogens is 725 g/mol. The Morgan fingerprint density at radius 1 is 0.927 bits per heavy atom. The van der Waals surface area contributed by atoms with Gasteiger partial charge in [-0.25, -0.2) is 14.1 Å². The number of nitrogens with two attached hydrogens (primary N) is 1. The third-order valence-electron chi connectivity index (χ3n) is 11.1. The Labute approximate surface area is 328 Å². The molecule has 1 aliphatic heterocycles. The van der Waals surface area contributed by atoms with E-state index in [-0.39, 0.29) is 24.7 Å². The molecule has 1 unspecified atom stereocenters. The quantitative estimate of drug-likeness (QED) is 0.0465. The molecule has 2 aliphatic rings. The van der Waals surface area contributed by atoms with Crippen LogP contribution < -0.4 is 5.73 Å². The molecule has 6 atom stereocenters. The number of aromatic nitrogens is 3. The molecule has 312 valence electrons. The lowest BCUT2D eigenvalue weighted by Gasteiger charge is -2.25. The summed E-state index contributed by atoms with van der Waals surface area (Å²) in [5.41, 5.74) is 4.33. The molecule has 15 heteroatoms. The van der Waals surface area contributed by atoms with Gasteiger partial charge in [0.1, 0.15) is 42.3 Å². The molecule has 1 aliphatic carbocycles. The molecule has 0 amide bonds. The number of anilines is 1. The van der Waals surface area contributed by atoms with E-state index in [9.17, 15) is 24.9 Å². The number of nitriles is 1. The van der Waals surface area contributed by atoms with Crippen molar-refractivity contribution in [1.29, 1.82) is 5.26 Å². The van der Waals surface area contributed by atoms with E-state index < -0.39 is 44.4 Å². The van der Waals surface area contributed by atoms with Crippen LogP contribution in [0, 0.1) is 17.2 Å². The first-order chi connectivity index (χ1) is 26.7. The number of aliphatic hydroxyl groups excluding tert-OH is 2. The summed E-state index contributed by atoms with van der Waals surface area (Å²) in [6.07, 6.45) is 22.5. The van der Waals surface area contributed by atoms with Crippen LogP contribution in [-0.2, 0) is 33.4 Å². The Kier molecular flexibility index (Phi) is 20.3. The van der Waals surface area contributed by atoms with Gasteiger partial charge in [-0.05, 0) is 37.3 Å². The first kappa shape index (κ1) is 45.5. The summed E-state index contributed by atoms with van der Waals surface area (Å²) in [6.45, 7) is 2.70. The van der Waals surface area contributed by atoms with E-state index >= 15 is 0 Å². The number of phosphoric acid groups is 1. The largest absolute Gasteiger partial charge is 0.472 e. The molecule has 0 radical (unpaired) electrons. The van der Waals surface area contributed by atoms with E-state index in [2.05, 4.69) is 17.0 Å². The summed E-state index contributed by atoms with van der Waals surface area (Å²) in [7, 11) is -4.67. The normalized spacial score (nSPS) is 23.6. The van der Waals surface area contributed by atoms with Crippen molar-refractivity contribution in [3.8, 4) is 6.07 Å². The third-order valence-corrected chi connectivity index (χ3v) is 12.0. The molecule has 5 N–H and O–H groups in total. The van der Waals surface area contributed by atoms with E-state index in [1.807, 2.05) is 6.07 Å². The summed E-state index contributed by atoms with van der Waals surface area (Å²) in [5.74, 6) is 0.578. The van der Waals surface area contributed by atoms with Crippen LogP contribution in [0.5, 0.6) is 0 Å². The molecule has 55 heavy (non-hydrogen) atoms. The molecule has 2 fully saturated rings. The first-order valence-corrected chi connectivity index (χ1v) is 22.6. The van der Waals surface area contributed by atoms with Gasteiger partial charge in [0.15, 0.2) is 5.82 Å². The zero-order chi connectivity index (χ0) is 39.4. The number of rotatable bonds is 29. The highest BCUT2D eigenvalue weighted by molar-refractivity contribution is 7.47. The third kappa shape index (κ3) is 14.6. The molecule has 0 aromatic carbocycles. The fourth-order valence-corrected chi connectivity index (χ4v) is 8.43. The van der Waals surface area contributed by atoms with Crippen LogP contribution in [0.4, 0.5) is 5.82 Å². The van der Waals surface area contributed by atoms with Crippen molar-refractivity contribution in [2.75, 3.05) is 38.8 Å². The summed E-state index contributed by atoms with van der Waals surface area (Å²) in [6, 6.07) is 4.98. The van der Waals surface area contributed by atoms with Crippen LogP contribution in [0.15, 0.2) is 18.5 Å². The molecule has 1 saturated carbocycles. The van der Waals surface area contributed by atoms with Crippen LogP contribution >= 0.6 is 7.82 Å². The van der Waals surface area contributed by atoms with Gasteiger partial charge in [0, 0.05) is 13.2 Å². The maximum absolute atomic E-state index is 13.0. The maximum atomic E-state index is 13.0. The average molecular weight is 794 g/mol. The minimum Gasteiger partial charge on any atom is -0.387 e. The topological polar surface area (TPSA) is 204 Å². The zero-order valence-electron chi connectivity index (χ0n) is 33.1. The fourth-order valence-electron chi connectivity index (χ4n) is 7.67. The Hall–Kier alpha value is -2.18. The van der Waals surface area contributed by atoms with Crippen LogP contribution in [0.25, 0.3) is 5.52 Å². The average Bonchev–Trinajstić information content (AvgIpc) is 3.74. The molecule has 0 spiro atoms. The van der Waals surface area contributed by atoms with Crippen molar-refractivity contribution < 1.29 is 42.9 Å². The van der Waals surface area contributed by atoms with Gasteiger partial charge in [-0.3, -0.25) is 9.05 Å². The van der Waals surface area contributed by atoms with Crippen LogP contribution in [0.3, 0.4) is 0 Å². The second-order valence-corrected chi connectivity index (χ2v) is 17.0. The number of phosphoric ester groups is 1. The Bertz CT molecular complexity index is 1450. The summed E-state index contributed by atoms with van der Waals surface area (Å²) >= 11 is 0. The van der Waals surface area contributed by atoms with Gasteiger partial charge in [-0.1, -0.05) is 122 Å². The van der Waals surface area contributed by atoms with Crippen LogP contribution in [-0.4, -0.2) is 87.2 Å². The molecule has 3 heterocycles. The molecule has 1 saturated heterocycles. The fraction of sp³-hybridized carbons (Fsp3) is 0.825. The second-order valence-electron chi connectivity index (χ2n) is 15.5. The molecule has 4 rings (SSSR count). The molecule has 2 aromatic heterocycles. The van der Waals surface area contributed by atoms with Gasteiger partial charge in [0.25, 0.3) is 0 Å². The lowest BCUT2D eigenvalue weighted by molar-refractivity contribution is -0.0704. The van der Waals surface area contributed by atoms with Crippen LogP contribution in [0.2, 0.25) is 0 Å². The monoisotopic (exact) mass is 793 g/mol. The Morgan fingerprint density at radius 2 is 1.55 bits per heavy atom. The number of unbranched alkanes of at least 4 members (excludes halogenated alkanes) is 15. The van der Waals surface area contributed by atoms with Gasteiger partial charge in [0.2, 0.25) is 5.60 Å². The molecule has 14 nitrogen and oxygen atoms in total. The van der Waals surface area contributed by atoms with Crippen LogP contribution in [0.1, 0.15) is 147 Å². The van der Waals surface area contributed by atoms with Gasteiger partial charge < -0.3 is 35.1 Å². The number of nitrogen functional groups attached to an aromatic ring is 1. The van der Waals surface area contributed by atoms with Crippen molar-refractivity contribution in [2.24, 2.45) is 5.92 Å². The summed E-state index contributed by atoms with van der Waals surface area (Å²) in [4.78, 5) is 14.5. The number of hydrogen-bond acceptors (Lipinski definition) is 12. The van der Waals surface area contributed by atoms with Crippen molar-refractivity contribution in [2.45, 2.75) is 172 Å². The van der Waals surface area contributed by atoms with E-state index in [0.717, 1.165) is 25.7 Å². The van der Waals surface area contributed by atoms with Crippen molar-refractivity contribution in [3.05, 3.63) is 24.2 Å². The summed E-state index contributed by atoms with van der Waals surface area (Å²) in [5, 5.41) is 36.0. The number of fused-ring (bicyclic) bond motifs is 1. The molecule has 0 bridgehead atoms. The smallest absolute Gasteiger partial charge is 0.387 e. The standard InChI is InChI=1S/C40H68N5O9P/c1-2-3-4-5-6-7-8-9-10-11-12-13-14-15-16-20-25-50-27-33(51-26-32-21-18-17-19-22-32)28-52-55(48,49)53-29-35-37(46)38(47)40(30-41,54-35)36-24-23-34-39(42)43-31-44-45(34)36/h23-24,31-33,35,37-38,46-47H,2-22,25-29H2,1H3,(H,48,49)(H2,42,43,44)/t33-,35-,37-,38-,40+/m1/s1. The number of aliphatic hydroxyl groups is 2. The minimum atomic E-state index is -4.67. The Balaban J connectivity index is 1.14. The van der Waals surface area contributed by atoms with Gasteiger partial charge in [0.05, 0.1) is 25.5 Å². The SMILES string of the molecule is CCCCCCCCCCCCCCCCCCOC[C@H](COP(=O)(O)OC[C@H]1O[C@@](C#N)(c2ccc3c(N)ncnn23)[C@H](O)[C@@H]1O)OCC1CCCCC1. The lowest BCUT2D eigenvalue weighted by atomic mass is 9.90. The predicted octanol–water partition coefficient (Wildman–Crippen LogP) is 7.53. The van der Waals surface area contributed by atoms with Crippen molar-refractivity contribution >= 4 is 19.2 Å². The second kappa shape index (κ2) is 24.6. The first-order valence-electron chi connectivity index (χ1n) is 21.1. The highest BCUT2D eigenvalue weighted by atomic mass is 31.2. The van der Waals surface area contributed by atoms with Gasteiger partial charge in [-0.15, -0.1) is 0 Å². The maximum Gasteiger partial charge on any atom is 0.472 e. The van der Waals surface area contributed by atoms with Crippen molar-refractivity contribution in [3.63, 3.8) is 0 Å². The van der Waals surface area contributed by atoms with Gasteiger partial charge in [-0.2, -0.15) is 10.4 Å². The van der Waals surface area contributed by atoms with Crippen molar-refractivity contribution in [1.82, 2.24) is 14.6 Å². The Morgan fingerprint density at radius 3 is 2.16 bits per heavy atom. The summed E-state index contributed by atoms with van der Waals surface area (Å²) < 4.78 is 42.8. The highest BCUT2D eigenvalue weighted by Gasteiger charge is 2.58. The number of nitrogens with zero attached hydrogens (tertiary/aromatic N) is 4.